The number of carboxylic acid groups (broad SMARTS) is 2. The van der Waals surface area contributed by atoms with Gasteiger partial charge in [0.2, 0.25) is 0 Å². The van der Waals surface area contributed by atoms with Crippen molar-refractivity contribution in [3.63, 3.8) is 0 Å². The van der Waals surface area contributed by atoms with Crippen molar-refractivity contribution >= 4 is 29.2 Å². The zero-order valence-corrected chi connectivity index (χ0v) is 17.3. The molecule has 160 valence electrons. The first-order valence-electron chi connectivity index (χ1n) is 9.53. The predicted octanol–water partition coefficient (Wildman–Crippen LogP) is 3.59. The fraction of sp³-hybridized carbons (Fsp3) is 0.174. The van der Waals surface area contributed by atoms with Gasteiger partial charge in [-0.25, -0.2) is 9.59 Å². The molecule has 0 aliphatic carbocycles. The number of aliphatic hydroxyl groups excluding tert-OH is 1. The number of benzene rings is 2. The van der Waals surface area contributed by atoms with Gasteiger partial charge in [0.05, 0.1) is 4.88 Å². The molecule has 1 aromatic heterocycles. The summed E-state index contributed by atoms with van der Waals surface area (Å²) in [6, 6.07) is 20.3. The molecular formula is C23H21NO6S. The molecule has 2 aromatic carbocycles. The Hall–Kier alpha value is -3.49. The van der Waals surface area contributed by atoms with Gasteiger partial charge in [-0.05, 0) is 28.8 Å². The number of amides is 1. The van der Waals surface area contributed by atoms with Crippen molar-refractivity contribution in [3.8, 4) is 11.1 Å². The monoisotopic (exact) mass is 439 g/mol. The zero-order chi connectivity index (χ0) is 22.4. The number of carboxylic acids is 2. The van der Waals surface area contributed by atoms with Crippen LogP contribution in [0.15, 0.2) is 66.7 Å². The molecule has 8 heteroatoms. The van der Waals surface area contributed by atoms with Crippen LogP contribution in [0.4, 0.5) is 0 Å². The number of rotatable bonds is 9. The van der Waals surface area contributed by atoms with Crippen LogP contribution in [-0.2, 0) is 11.3 Å². The van der Waals surface area contributed by atoms with Crippen molar-refractivity contribution in [2.24, 2.45) is 0 Å². The molecule has 0 aliphatic rings. The normalized spacial score (nSPS) is 11.6. The highest BCUT2D eigenvalue weighted by molar-refractivity contribution is 7.15. The predicted molar refractivity (Wildman–Crippen MR) is 116 cm³/mol. The molecule has 0 saturated carbocycles. The van der Waals surface area contributed by atoms with E-state index in [1.165, 1.54) is 17.0 Å². The van der Waals surface area contributed by atoms with Crippen molar-refractivity contribution in [3.05, 3.63) is 82.0 Å². The SMILES string of the molecule is O=C(O)c1ccc(C(=O)N(CC[C@@H](O)C(=O)O)Cc2ccc(-c3ccccc3)cc2)s1. The minimum atomic E-state index is -1.59. The first kappa shape index (κ1) is 22.2. The standard InChI is InChI=1S/C23H21NO6S/c25-18(22(27)28)12-13-24(21(26)19-10-11-20(31-19)23(29)30)14-15-6-8-17(9-7-15)16-4-2-1-3-5-16/h1-11,18,25H,12-14H2,(H,27,28)(H,29,30)/t18-/m1/s1. The molecule has 1 atom stereocenters. The molecular weight excluding hydrogens is 418 g/mol. The molecule has 0 unspecified atom stereocenters. The van der Waals surface area contributed by atoms with Gasteiger partial charge in [0.1, 0.15) is 4.88 Å². The van der Waals surface area contributed by atoms with Gasteiger partial charge in [-0.2, -0.15) is 0 Å². The first-order valence-corrected chi connectivity index (χ1v) is 10.3. The molecule has 3 rings (SSSR count). The smallest absolute Gasteiger partial charge is 0.345 e. The Kier molecular flexibility index (Phi) is 7.17. The Morgan fingerprint density at radius 1 is 0.839 bits per heavy atom. The Labute approximate surface area is 182 Å². The molecule has 0 fully saturated rings. The van der Waals surface area contributed by atoms with E-state index in [1.807, 2.05) is 54.6 Å². The summed E-state index contributed by atoms with van der Waals surface area (Å²) in [5.74, 6) is -2.89. The van der Waals surface area contributed by atoms with E-state index in [0.29, 0.717) is 0 Å². The number of aliphatic hydroxyl groups is 1. The van der Waals surface area contributed by atoms with Crippen LogP contribution in [0.3, 0.4) is 0 Å². The number of thiophene rings is 1. The third kappa shape index (κ3) is 5.78. The quantitative estimate of drug-likeness (QED) is 0.469. The lowest BCUT2D eigenvalue weighted by molar-refractivity contribution is -0.147. The van der Waals surface area contributed by atoms with E-state index in [2.05, 4.69) is 0 Å². The molecule has 0 spiro atoms. The molecule has 0 saturated heterocycles. The van der Waals surface area contributed by atoms with E-state index in [9.17, 15) is 19.5 Å². The van der Waals surface area contributed by atoms with Gasteiger partial charge in [0, 0.05) is 19.5 Å². The molecule has 1 heterocycles. The summed E-state index contributed by atoms with van der Waals surface area (Å²) in [6.07, 6.45) is -1.73. The van der Waals surface area contributed by atoms with E-state index in [0.717, 1.165) is 28.0 Å². The van der Waals surface area contributed by atoms with Gasteiger partial charge < -0.3 is 20.2 Å². The van der Waals surface area contributed by atoms with Gasteiger partial charge in [-0.3, -0.25) is 4.79 Å². The number of hydrogen-bond acceptors (Lipinski definition) is 5. The molecule has 1 amide bonds. The maximum atomic E-state index is 13.0. The van der Waals surface area contributed by atoms with Crippen LogP contribution in [0, 0.1) is 0 Å². The fourth-order valence-corrected chi connectivity index (χ4v) is 3.84. The fourth-order valence-electron chi connectivity index (χ4n) is 3.03. The van der Waals surface area contributed by atoms with Crippen molar-refractivity contribution in [2.75, 3.05) is 6.54 Å². The average molecular weight is 439 g/mol. The van der Waals surface area contributed by atoms with E-state index < -0.39 is 23.9 Å². The average Bonchev–Trinajstić information content (AvgIpc) is 3.27. The minimum absolute atomic E-state index is 0.00699. The van der Waals surface area contributed by atoms with Crippen LogP contribution in [-0.4, -0.2) is 50.7 Å². The van der Waals surface area contributed by atoms with Crippen LogP contribution in [0.1, 0.15) is 31.3 Å². The third-order valence-corrected chi connectivity index (χ3v) is 5.77. The second-order valence-electron chi connectivity index (χ2n) is 6.90. The number of aliphatic carboxylic acids is 1. The Morgan fingerprint density at radius 2 is 1.45 bits per heavy atom. The van der Waals surface area contributed by atoms with Crippen LogP contribution < -0.4 is 0 Å². The lowest BCUT2D eigenvalue weighted by atomic mass is 10.0. The highest BCUT2D eigenvalue weighted by atomic mass is 32.1. The summed E-state index contributed by atoms with van der Waals surface area (Å²) in [4.78, 5) is 36.7. The highest BCUT2D eigenvalue weighted by Crippen LogP contribution is 2.22. The third-order valence-electron chi connectivity index (χ3n) is 4.71. The summed E-state index contributed by atoms with van der Waals surface area (Å²) < 4.78 is 0. The molecule has 0 aliphatic heterocycles. The second-order valence-corrected chi connectivity index (χ2v) is 7.99. The van der Waals surface area contributed by atoms with E-state index in [4.69, 9.17) is 10.2 Å². The lowest BCUT2D eigenvalue weighted by Crippen LogP contribution is -2.34. The number of hydrogen-bond donors (Lipinski definition) is 3. The maximum absolute atomic E-state index is 13.0. The summed E-state index contributed by atoms with van der Waals surface area (Å²) in [5.41, 5.74) is 2.91. The van der Waals surface area contributed by atoms with E-state index in [-0.39, 0.29) is 29.3 Å². The summed E-state index contributed by atoms with van der Waals surface area (Å²) in [6.45, 7) is 0.202. The first-order chi connectivity index (χ1) is 14.8. The zero-order valence-electron chi connectivity index (χ0n) is 16.5. The van der Waals surface area contributed by atoms with Crippen LogP contribution >= 0.6 is 11.3 Å². The molecule has 7 nitrogen and oxygen atoms in total. The van der Waals surface area contributed by atoms with Gasteiger partial charge in [-0.1, -0.05) is 54.6 Å². The van der Waals surface area contributed by atoms with Crippen molar-refractivity contribution in [1.82, 2.24) is 4.90 Å². The molecule has 0 radical (unpaired) electrons. The van der Waals surface area contributed by atoms with E-state index in [1.54, 1.807) is 0 Å². The minimum Gasteiger partial charge on any atom is -0.479 e. The highest BCUT2D eigenvalue weighted by Gasteiger charge is 2.22. The molecule has 0 bridgehead atoms. The second kappa shape index (κ2) is 10.0. The lowest BCUT2D eigenvalue weighted by Gasteiger charge is -2.23. The number of nitrogens with zero attached hydrogens (tertiary/aromatic N) is 1. The maximum Gasteiger partial charge on any atom is 0.345 e. The van der Waals surface area contributed by atoms with Crippen molar-refractivity contribution in [1.29, 1.82) is 0 Å². The van der Waals surface area contributed by atoms with Crippen molar-refractivity contribution in [2.45, 2.75) is 19.1 Å². The van der Waals surface area contributed by atoms with Crippen LogP contribution in [0.25, 0.3) is 11.1 Å². The van der Waals surface area contributed by atoms with Crippen LogP contribution in [0.2, 0.25) is 0 Å². The van der Waals surface area contributed by atoms with E-state index >= 15 is 0 Å². The largest absolute Gasteiger partial charge is 0.479 e. The number of carbonyl (C=O) groups excluding carboxylic acids is 1. The Morgan fingerprint density at radius 3 is 2.03 bits per heavy atom. The van der Waals surface area contributed by atoms with Crippen molar-refractivity contribution < 1.29 is 29.7 Å². The van der Waals surface area contributed by atoms with Gasteiger partial charge in [0.15, 0.2) is 6.10 Å². The van der Waals surface area contributed by atoms with Gasteiger partial charge >= 0.3 is 11.9 Å². The summed E-state index contributed by atoms with van der Waals surface area (Å²) >= 11 is 0.859. The van der Waals surface area contributed by atoms with Gasteiger partial charge in [-0.15, -0.1) is 11.3 Å². The summed E-state index contributed by atoms with van der Waals surface area (Å²) in [7, 11) is 0. The molecule has 3 N–H and O–H groups in total. The van der Waals surface area contributed by atoms with Gasteiger partial charge in [0.25, 0.3) is 5.91 Å². The Balaban J connectivity index is 1.79. The number of aromatic carboxylic acids is 1. The molecule has 31 heavy (non-hydrogen) atoms. The van der Waals surface area contributed by atoms with Crippen LogP contribution in [0.5, 0.6) is 0 Å². The Bertz CT molecular complexity index is 1060. The number of carbonyl (C=O) groups is 3. The topological polar surface area (TPSA) is 115 Å². The molecule has 3 aromatic rings. The summed E-state index contributed by atoms with van der Waals surface area (Å²) in [5, 5.41) is 27.6.